The van der Waals surface area contributed by atoms with Crippen molar-refractivity contribution in [1.29, 1.82) is 0 Å². The molecule has 1 aliphatic rings. The summed E-state index contributed by atoms with van der Waals surface area (Å²) in [7, 11) is -3.07. The van der Waals surface area contributed by atoms with Crippen LogP contribution in [0.5, 0.6) is 0 Å². The maximum absolute atomic E-state index is 12.3. The zero-order valence-electron chi connectivity index (χ0n) is 12.8. The van der Waals surface area contributed by atoms with Crippen LogP contribution >= 0.6 is 0 Å². The highest BCUT2D eigenvalue weighted by molar-refractivity contribution is 7.91. The molecule has 6 heteroatoms. The van der Waals surface area contributed by atoms with E-state index in [1.54, 1.807) is 30.7 Å². The number of hydrogen-bond acceptors (Lipinski definition) is 5. The summed E-state index contributed by atoms with van der Waals surface area (Å²) in [6.07, 6.45) is 5.60. The maximum Gasteiger partial charge on any atom is 0.338 e. The number of esters is 1. The predicted octanol–water partition coefficient (Wildman–Crippen LogP) is 3.07. The zero-order chi connectivity index (χ0) is 16.4. The van der Waals surface area contributed by atoms with Gasteiger partial charge in [0.1, 0.15) is 15.9 Å². The van der Waals surface area contributed by atoms with Crippen molar-refractivity contribution in [3.05, 3.63) is 48.4 Å². The van der Waals surface area contributed by atoms with Crippen molar-refractivity contribution in [1.82, 2.24) is 0 Å². The largest absolute Gasteiger partial charge is 0.472 e. The molecule has 1 aromatic heterocycles. The van der Waals surface area contributed by atoms with Gasteiger partial charge in [0.15, 0.2) is 0 Å². The average Bonchev–Trinajstić information content (AvgIpc) is 3.18. The molecule has 1 saturated carbocycles. The van der Waals surface area contributed by atoms with Crippen molar-refractivity contribution >= 4 is 15.8 Å². The predicted molar refractivity (Wildman–Crippen MR) is 85.8 cm³/mol. The Bertz CT molecular complexity index is 792. The van der Waals surface area contributed by atoms with Crippen LogP contribution in [0.2, 0.25) is 0 Å². The number of sulfone groups is 1. The lowest BCUT2D eigenvalue weighted by Gasteiger charge is -2.12. The molecular formula is C17H18O5S. The molecule has 1 fully saturated rings. The number of ether oxygens (including phenoxy) is 1. The third kappa shape index (κ3) is 3.64. The van der Waals surface area contributed by atoms with Crippen LogP contribution in [-0.2, 0) is 14.6 Å². The van der Waals surface area contributed by atoms with Crippen molar-refractivity contribution in [3.63, 3.8) is 0 Å². The normalized spacial score (nSPS) is 21.3. The van der Waals surface area contributed by atoms with E-state index in [1.807, 2.05) is 12.1 Å². The quantitative estimate of drug-likeness (QED) is 0.803. The summed E-state index contributed by atoms with van der Waals surface area (Å²) in [5.74, 6) is -0.422. The van der Waals surface area contributed by atoms with Crippen molar-refractivity contribution in [2.75, 3.05) is 6.26 Å². The van der Waals surface area contributed by atoms with E-state index in [9.17, 15) is 13.2 Å². The van der Waals surface area contributed by atoms with Crippen molar-refractivity contribution in [3.8, 4) is 11.1 Å². The van der Waals surface area contributed by atoms with Gasteiger partial charge >= 0.3 is 5.97 Å². The average molecular weight is 334 g/mol. The Morgan fingerprint density at radius 1 is 1.22 bits per heavy atom. The van der Waals surface area contributed by atoms with Crippen LogP contribution in [0.4, 0.5) is 0 Å². The minimum absolute atomic E-state index is 0.334. The van der Waals surface area contributed by atoms with E-state index in [-0.39, 0.29) is 6.10 Å². The fourth-order valence-electron chi connectivity index (χ4n) is 2.87. The molecule has 2 atom stereocenters. The SMILES string of the molecule is CS(=O)(=O)C1CCC(OC(=O)c2cccc(-c3ccoc3)c2)C1. The van der Waals surface area contributed by atoms with Crippen LogP contribution in [0.3, 0.4) is 0 Å². The van der Waals surface area contributed by atoms with Crippen LogP contribution in [0.25, 0.3) is 11.1 Å². The van der Waals surface area contributed by atoms with Gasteiger partial charge in [0, 0.05) is 18.2 Å². The molecule has 5 nitrogen and oxygen atoms in total. The first-order valence-corrected chi connectivity index (χ1v) is 9.41. The van der Waals surface area contributed by atoms with E-state index < -0.39 is 21.1 Å². The number of rotatable bonds is 4. The first-order valence-electron chi connectivity index (χ1n) is 7.46. The summed E-state index contributed by atoms with van der Waals surface area (Å²) < 4.78 is 33.6. The minimum atomic E-state index is -3.07. The highest BCUT2D eigenvalue weighted by atomic mass is 32.2. The van der Waals surface area contributed by atoms with Crippen molar-refractivity contribution < 1.29 is 22.4 Å². The van der Waals surface area contributed by atoms with Gasteiger partial charge < -0.3 is 9.15 Å². The van der Waals surface area contributed by atoms with Gasteiger partial charge in [-0.15, -0.1) is 0 Å². The molecule has 3 rings (SSSR count). The lowest BCUT2D eigenvalue weighted by molar-refractivity contribution is 0.0318. The summed E-state index contributed by atoms with van der Waals surface area (Å²) in [6, 6.07) is 8.92. The minimum Gasteiger partial charge on any atom is -0.472 e. The summed E-state index contributed by atoms with van der Waals surface area (Å²) in [4.78, 5) is 12.3. The summed E-state index contributed by atoms with van der Waals surface area (Å²) >= 11 is 0. The molecule has 0 N–H and O–H groups in total. The van der Waals surface area contributed by atoms with E-state index in [1.165, 1.54) is 6.26 Å². The molecule has 2 unspecified atom stereocenters. The van der Waals surface area contributed by atoms with Gasteiger partial charge in [0.2, 0.25) is 0 Å². The van der Waals surface area contributed by atoms with E-state index in [4.69, 9.17) is 9.15 Å². The van der Waals surface area contributed by atoms with Gasteiger partial charge in [-0.25, -0.2) is 13.2 Å². The van der Waals surface area contributed by atoms with Gasteiger partial charge in [-0.05, 0) is 36.6 Å². The van der Waals surface area contributed by atoms with Crippen LogP contribution < -0.4 is 0 Å². The summed E-state index contributed by atoms with van der Waals surface area (Å²) in [5, 5.41) is -0.405. The lowest BCUT2D eigenvalue weighted by Crippen LogP contribution is -2.20. The molecule has 0 radical (unpaired) electrons. The maximum atomic E-state index is 12.3. The standard InChI is InChI=1S/C17H18O5S/c1-23(19,20)16-6-5-15(10-16)22-17(18)13-4-2-3-12(9-13)14-7-8-21-11-14/h2-4,7-9,11,15-16H,5-6,10H2,1H3. The summed E-state index contributed by atoms with van der Waals surface area (Å²) in [6.45, 7) is 0. The molecule has 1 heterocycles. The Kier molecular flexibility index (Phi) is 4.26. The van der Waals surface area contributed by atoms with Crippen LogP contribution in [-0.4, -0.2) is 32.0 Å². The van der Waals surface area contributed by atoms with Gasteiger partial charge in [0.25, 0.3) is 0 Å². The number of hydrogen-bond donors (Lipinski definition) is 0. The third-order valence-corrected chi connectivity index (χ3v) is 5.81. The van der Waals surface area contributed by atoms with Crippen molar-refractivity contribution in [2.45, 2.75) is 30.6 Å². The molecule has 23 heavy (non-hydrogen) atoms. The molecule has 0 spiro atoms. The molecule has 122 valence electrons. The molecule has 0 aliphatic heterocycles. The Hall–Kier alpha value is -2.08. The fraction of sp³-hybridized carbons (Fsp3) is 0.353. The Balaban J connectivity index is 1.69. The van der Waals surface area contributed by atoms with E-state index in [2.05, 4.69) is 0 Å². The molecule has 0 saturated heterocycles. The Labute approximate surface area is 135 Å². The highest BCUT2D eigenvalue weighted by Crippen LogP contribution is 2.28. The first kappa shape index (κ1) is 15.8. The monoisotopic (exact) mass is 334 g/mol. The van der Waals surface area contributed by atoms with Crippen LogP contribution in [0, 0.1) is 0 Å². The first-order chi connectivity index (χ1) is 10.9. The second-order valence-corrected chi connectivity index (χ2v) is 8.21. The van der Waals surface area contributed by atoms with E-state index in [0.29, 0.717) is 24.8 Å². The lowest BCUT2D eigenvalue weighted by atomic mass is 10.1. The third-order valence-electron chi connectivity index (χ3n) is 4.17. The highest BCUT2D eigenvalue weighted by Gasteiger charge is 2.33. The summed E-state index contributed by atoms with van der Waals surface area (Å²) in [5.41, 5.74) is 2.21. The number of carbonyl (C=O) groups is 1. The van der Waals surface area contributed by atoms with Gasteiger partial charge in [-0.3, -0.25) is 0 Å². The van der Waals surface area contributed by atoms with Gasteiger partial charge in [-0.1, -0.05) is 12.1 Å². The van der Waals surface area contributed by atoms with Gasteiger partial charge in [0.05, 0.1) is 23.3 Å². The molecular weight excluding hydrogens is 316 g/mol. The molecule has 0 bridgehead atoms. The zero-order valence-corrected chi connectivity index (χ0v) is 13.6. The number of carbonyl (C=O) groups excluding carboxylic acids is 1. The number of benzene rings is 1. The van der Waals surface area contributed by atoms with Crippen LogP contribution in [0.15, 0.2) is 47.3 Å². The topological polar surface area (TPSA) is 73.6 Å². The number of furan rings is 1. The Morgan fingerprint density at radius 3 is 2.70 bits per heavy atom. The smallest absolute Gasteiger partial charge is 0.338 e. The fourth-order valence-corrected chi connectivity index (χ4v) is 4.00. The second-order valence-electron chi connectivity index (χ2n) is 5.88. The van der Waals surface area contributed by atoms with E-state index in [0.717, 1.165) is 11.1 Å². The van der Waals surface area contributed by atoms with Crippen LogP contribution in [0.1, 0.15) is 29.6 Å². The molecule has 1 aliphatic carbocycles. The van der Waals surface area contributed by atoms with E-state index >= 15 is 0 Å². The molecule has 2 aromatic rings. The molecule has 0 amide bonds. The Morgan fingerprint density at radius 2 is 2.04 bits per heavy atom. The van der Waals surface area contributed by atoms with Gasteiger partial charge in [-0.2, -0.15) is 0 Å². The second kappa shape index (κ2) is 6.20. The molecule has 1 aromatic carbocycles. The van der Waals surface area contributed by atoms with Crippen molar-refractivity contribution in [2.24, 2.45) is 0 Å².